The number of Topliss-reactive ketones (excluding diaryl/α,β-unsaturated/α-hetero) is 1. The van der Waals surface area contributed by atoms with Crippen molar-refractivity contribution in [3.63, 3.8) is 0 Å². The number of carbonyl (C=O) groups is 1. The van der Waals surface area contributed by atoms with Crippen LogP contribution in [0.2, 0.25) is 0 Å². The zero-order valence-corrected chi connectivity index (χ0v) is 19.9. The fourth-order valence-corrected chi connectivity index (χ4v) is 4.53. The maximum Gasteiger partial charge on any atom is 0.203 e. The molecular weight excluding hydrogens is 400 g/mol. The minimum absolute atomic E-state index is 0.00776. The standard InChI is InChI=1S/C28H38O4/c1-6-8-10-14-21(7-2)22-15-11-9-12-16-23(18-13-17-22)27(29)24-19-25(30-3)28(32-5)26(20-24)31-4/h6-8,10,14,19-20,22-23H,1-2,9,11-13,15-18H2,3-5H3/b10-8-,21-14+. The third kappa shape index (κ3) is 6.88. The van der Waals surface area contributed by atoms with Gasteiger partial charge in [-0.25, -0.2) is 0 Å². The third-order valence-electron chi connectivity index (χ3n) is 6.27. The topological polar surface area (TPSA) is 44.8 Å². The van der Waals surface area contributed by atoms with Crippen LogP contribution in [0.3, 0.4) is 0 Å². The van der Waals surface area contributed by atoms with Crippen LogP contribution in [-0.4, -0.2) is 27.1 Å². The number of methoxy groups -OCH3 is 3. The summed E-state index contributed by atoms with van der Waals surface area (Å²) in [5, 5.41) is 0. The summed E-state index contributed by atoms with van der Waals surface area (Å²) < 4.78 is 16.3. The molecule has 0 saturated heterocycles. The van der Waals surface area contributed by atoms with Gasteiger partial charge in [-0.2, -0.15) is 0 Å². The molecule has 4 heteroatoms. The van der Waals surface area contributed by atoms with Crippen LogP contribution in [0.25, 0.3) is 0 Å². The summed E-state index contributed by atoms with van der Waals surface area (Å²) in [6.07, 6.45) is 18.3. The average molecular weight is 439 g/mol. The molecule has 1 aromatic carbocycles. The minimum atomic E-state index is 0.00776. The summed E-state index contributed by atoms with van der Waals surface area (Å²) in [4.78, 5) is 13.4. The Kier molecular flexibility index (Phi) is 10.9. The summed E-state index contributed by atoms with van der Waals surface area (Å²) in [6, 6.07) is 3.55. The van der Waals surface area contributed by atoms with Crippen molar-refractivity contribution in [3.05, 3.63) is 66.8 Å². The number of ether oxygens (including phenoxy) is 3. The van der Waals surface area contributed by atoms with Crippen molar-refractivity contribution in [2.75, 3.05) is 21.3 Å². The predicted molar refractivity (Wildman–Crippen MR) is 132 cm³/mol. The molecule has 2 rings (SSSR count). The molecule has 4 nitrogen and oxygen atoms in total. The summed E-state index contributed by atoms with van der Waals surface area (Å²) in [5.41, 5.74) is 1.90. The van der Waals surface area contributed by atoms with E-state index in [0.29, 0.717) is 28.7 Å². The Morgan fingerprint density at radius 2 is 1.44 bits per heavy atom. The smallest absolute Gasteiger partial charge is 0.203 e. The van der Waals surface area contributed by atoms with Crippen molar-refractivity contribution in [2.24, 2.45) is 11.8 Å². The second kappa shape index (κ2) is 13.6. The van der Waals surface area contributed by atoms with Gasteiger partial charge in [-0.05, 0) is 49.3 Å². The fourth-order valence-electron chi connectivity index (χ4n) is 4.53. The highest BCUT2D eigenvalue weighted by Gasteiger charge is 2.25. The van der Waals surface area contributed by atoms with E-state index in [2.05, 4.69) is 19.2 Å². The first-order valence-corrected chi connectivity index (χ1v) is 11.6. The zero-order chi connectivity index (χ0) is 23.3. The Morgan fingerprint density at radius 1 is 0.844 bits per heavy atom. The maximum absolute atomic E-state index is 13.4. The number of rotatable bonds is 9. The van der Waals surface area contributed by atoms with Crippen molar-refractivity contribution in [1.82, 2.24) is 0 Å². The van der Waals surface area contributed by atoms with E-state index in [-0.39, 0.29) is 11.7 Å². The molecule has 0 spiro atoms. The van der Waals surface area contributed by atoms with E-state index in [0.717, 1.165) is 38.5 Å². The fraction of sp³-hybridized carbons (Fsp3) is 0.464. The van der Waals surface area contributed by atoms with Crippen LogP contribution in [0.1, 0.15) is 61.7 Å². The lowest BCUT2D eigenvalue weighted by atomic mass is 9.82. The Labute approximate surface area is 193 Å². The molecule has 1 aromatic rings. The van der Waals surface area contributed by atoms with Gasteiger partial charge < -0.3 is 14.2 Å². The molecule has 1 aliphatic rings. The van der Waals surface area contributed by atoms with Crippen LogP contribution in [0.5, 0.6) is 17.2 Å². The van der Waals surface area contributed by atoms with Gasteiger partial charge in [-0.15, -0.1) is 0 Å². The van der Waals surface area contributed by atoms with Gasteiger partial charge in [0.15, 0.2) is 17.3 Å². The molecule has 0 N–H and O–H groups in total. The van der Waals surface area contributed by atoms with Crippen LogP contribution >= 0.6 is 0 Å². The van der Waals surface area contributed by atoms with Crippen molar-refractivity contribution in [1.29, 1.82) is 0 Å². The highest BCUT2D eigenvalue weighted by Crippen LogP contribution is 2.39. The second-order valence-corrected chi connectivity index (χ2v) is 8.23. The van der Waals surface area contributed by atoms with Gasteiger partial charge in [0, 0.05) is 11.5 Å². The predicted octanol–water partition coefficient (Wildman–Crippen LogP) is 7.12. The summed E-state index contributed by atoms with van der Waals surface area (Å²) in [6.45, 7) is 7.76. The number of ketones is 1. The number of allylic oxidation sites excluding steroid dienone is 6. The molecule has 0 radical (unpaired) electrons. The van der Waals surface area contributed by atoms with Gasteiger partial charge in [-0.3, -0.25) is 4.79 Å². The van der Waals surface area contributed by atoms with Crippen molar-refractivity contribution in [3.8, 4) is 17.2 Å². The molecule has 2 atom stereocenters. The Hall–Kier alpha value is -2.75. The van der Waals surface area contributed by atoms with Crippen LogP contribution < -0.4 is 14.2 Å². The molecule has 0 heterocycles. The first-order valence-electron chi connectivity index (χ1n) is 11.6. The molecule has 0 bridgehead atoms. The van der Waals surface area contributed by atoms with Crippen LogP contribution in [0.15, 0.2) is 61.2 Å². The Bertz CT molecular complexity index is 809. The molecule has 1 aliphatic carbocycles. The van der Waals surface area contributed by atoms with Crippen molar-refractivity contribution >= 4 is 5.78 Å². The van der Waals surface area contributed by atoms with Gasteiger partial charge >= 0.3 is 0 Å². The lowest BCUT2D eigenvalue weighted by Gasteiger charge is -2.23. The van der Waals surface area contributed by atoms with E-state index in [9.17, 15) is 4.79 Å². The molecule has 0 amide bonds. The number of hydrogen-bond acceptors (Lipinski definition) is 4. The van der Waals surface area contributed by atoms with E-state index in [1.165, 1.54) is 18.4 Å². The molecule has 32 heavy (non-hydrogen) atoms. The Morgan fingerprint density at radius 3 is 2.00 bits per heavy atom. The monoisotopic (exact) mass is 438 g/mol. The molecule has 0 aromatic heterocycles. The molecule has 1 fully saturated rings. The van der Waals surface area contributed by atoms with Crippen LogP contribution in [0.4, 0.5) is 0 Å². The summed E-state index contributed by atoms with van der Waals surface area (Å²) >= 11 is 0. The Balaban J connectivity index is 2.18. The largest absolute Gasteiger partial charge is 0.493 e. The van der Waals surface area contributed by atoms with E-state index in [1.807, 2.05) is 18.2 Å². The molecule has 174 valence electrons. The number of benzene rings is 1. The van der Waals surface area contributed by atoms with Gasteiger partial charge in [0.25, 0.3) is 0 Å². The normalized spacial score (nSPS) is 20.4. The van der Waals surface area contributed by atoms with Gasteiger partial charge in [-0.1, -0.05) is 69.2 Å². The van der Waals surface area contributed by atoms with E-state index >= 15 is 0 Å². The van der Waals surface area contributed by atoms with Crippen molar-refractivity contribution < 1.29 is 19.0 Å². The molecule has 2 unspecified atom stereocenters. The van der Waals surface area contributed by atoms with Gasteiger partial charge in [0.1, 0.15) is 0 Å². The first kappa shape index (κ1) is 25.5. The molecule has 1 saturated carbocycles. The van der Waals surface area contributed by atoms with Gasteiger partial charge in [0.2, 0.25) is 5.75 Å². The maximum atomic E-state index is 13.4. The van der Waals surface area contributed by atoms with E-state index in [1.54, 1.807) is 39.5 Å². The number of carbonyl (C=O) groups excluding carboxylic acids is 1. The highest BCUT2D eigenvalue weighted by molar-refractivity contribution is 5.99. The minimum Gasteiger partial charge on any atom is -0.493 e. The lowest BCUT2D eigenvalue weighted by Crippen LogP contribution is -2.17. The SMILES string of the molecule is C=C/C=C\C=C(/C=C)C1CCCCCC(C(=O)c2cc(OC)c(OC)c(OC)c2)CCC1. The molecule has 0 aliphatic heterocycles. The van der Waals surface area contributed by atoms with Crippen LogP contribution in [0, 0.1) is 11.8 Å². The first-order chi connectivity index (χ1) is 15.6. The zero-order valence-electron chi connectivity index (χ0n) is 19.9. The quantitative estimate of drug-likeness (QED) is 0.304. The summed E-state index contributed by atoms with van der Waals surface area (Å²) in [5.74, 6) is 2.20. The summed E-state index contributed by atoms with van der Waals surface area (Å²) in [7, 11) is 4.72. The molecular formula is C28H38O4. The lowest BCUT2D eigenvalue weighted by molar-refractivity contribution is 0.0898. The van der Waals surface area contributed by atoms with Gasteiger partial charge in [0.05, 0.1) is 21.3 Å². The second-order valence-electron chi connectivity index (χ2n) is 8.23. The third-order valence-corrected chi connectivity index (χ3v) is 6.27. The average Bonchev–Trinajstić information content (AvgIpc) is 2.83. The van der Waals surface area contributed by atoms with Crippen molar-refractivity contribution in [2.45, 2.75) is 51.4 Å². The highest BCUT2D eigenvalue weighted by atomic mass is 16.5. The van der Waals surface area contributed by atoms with E-state index < -0.39 is 0 Å². The van der Waals surface area contributed by atoms with Crippen LogP contribution in [-0.2, 0) is 0 Å². The van der Waals surface area contributed by atoms with E-state index in [4.69, 9.17) is 14.2 Å². The number of hydrogen-bond donors (Lipinski definition) is 0.